The topological polar surface area (TPSA) is 49.4 Å². The van der Waals surface area contributed by atoms with Crippen LogP contribution in [0.1, 0.15) is 42.7 Å². The molecule has 2 atom stereocenters. The van der Waals surface area contributed by atoms with Crippen LogP contribution in [0.25, 0.3) is 0 Å². The average Bonchev–Trinajstić information content (AvgIpc) is 2.75. The first kappa shape index (κ1) is 15.8. The number of benzene rings is 1. The highest BCUT2D eigenvalue weighted by atomic mass is 19.4. The number of anilines is 1. The largest absolute Gasteiger partial charge is 0.471 e. The lowest BCUT2D eigenvalue weighted by atomic mass is 9.78. The summed E-state index contributed by atoms with van der Waals surface area (Å²) in [5, 5.41) is 2.69. The molecule has 2 heterocycles. The smallest absolute Gasteiger partial charge is 0.334 e. The van der Waals surface area contributed by atoms with Crippen molar-refractivity contribution in [1.82, 2.24) is 4.90 Å². The number of nitrogens with one attached hydrogen (secondary N) is 1. The molecule has 0 radical (unpaired) electrons. The number of halogens is 3. The van der Waals surface area contributed by atoms with Gasteiger partial charge in [-0.15, -0.1) is 0 Å². The zero-order chi connectivity index (χ0) is 16.8. The van der Waals surface area contributed by atoms with E-state index in [0.717, 1.165) is 28.9 Å². The average molecular weight is 326 g/mol. The van der Waals surface area contributed by atoms with E-state index in [1.54, 1.807) is 6.07 Å². The number of rotatable bonds is 1. The minimum Gasteiger partial charge on any atom is -0.334 e. The molecule has 124 valence electrons. The fraction of sp³-hybridized carbons (Fsp3) is 0.500. The van der Waals surface area contributed by atoms with Crippen LogP contribution in [0.3, 0.4) is 0 Å². The van der Waals surface area contributed by atoms with Crippen LogP contribution in [-0.2, 0) is 9.59 Å². The van der Waals surface area contributed by atoms with Crippen molar-refractivity contribution in [1.29, 1.82) is 0 Å². The Morgan fingerprint density at radius 2 is 1.74 bits per heavy atom. The van der Waals surface area contributed by atoms with Crippen molar-refractivity contribution in [3.8, 4) is 0 Å². The fourth-order valence-electron chi connectivity index (χ4n) is 3.63. The molecule has 2 unspecified atom stereocenters. The van der Waals surface area contributed by atoms with Crippen LogP contribution in [0.15, 0.2) is 18.2 Å². The molecule has 0 spiro atoms. The molecule has 1 fully saturated rings. The minimum atomic E-state index is -4.84. The Hall–Kier alpha value is -2.05. The van der Waals surface area contributed by atoms with Gasteiger partial charge in [0, 0.05) is 37.5 Å². The van der Waals surface area contributed by atoms with Crippen LogP contribution in [0.5, 0.6) is 0 Å². The maximum atomic E-state index is 12.7. The summed E-state index contributed by atoms with van der Waals surface area (Å²) in [4.78, 5) is 23.7. The zero-order valence-electron chi connectivity index (χ0n) is 12.6. The monoisotopic (exact) mass is 326 g/mol. The fourth-order valence-corrected chi connectivity index (χ4v) is 3.63. The van der Waals surface area contributed by atoms with Crippen LogP contribution in [0.2, 0.25) is 0 Å². The predicted octanol–water partition coefficient (Wildman–Crippen LogP) is 3.01. The second-order valence-electron chi connectivity index (χ2n) is 6.20. The molecule has 1 N–H and O–H groups in total. The highest BCUT2D eigenvalue weighted by Crippen LogP contribution is 2.44. The van der Waals surface area contributed by atoms with Crippen LogP contribution in [-0.4, -0.2) is 36.0 Å². The molecule has 7 heteroatoms. The molecule has 2 amide bonds. The van der Waals surface area contributed by atoms with Gasteiger partial charge < -0.3 is 10.2 Å². The number of alkyl halides is 3. The van der Waals surface area contributed by atoms with Gasteiger partial charge in [0.05, 0.1) is 0 Å². The quantitative estimate of drug-likeness (QED) is 0.862. The Morgan fingerprint density at radius 3 is 2.30 bits per heavy atom. The second kappa shape index (κ2) is 5.54. The lowest BCUT2D eigenvalue weighted by molar-refractivity contribution is -0.185. The molecule has 1 aliphatic carbocycles. The summed E-state index contributed by atoms with van der Waals surface area (Å²) in [6, 6.07) is 5.45. The molecule has 4 nitrogen and oxygen atoms in total. The summed E-state index contributed by atoms with van der Waals surface area (Å²) >= 11 is 0. The highest BCUT2D eigenvalue weighted by Gasteiger charge is 2.46. The first-order valence-corrected chi connectivity index (χ1v) is 7.53. The summed E-state index contributed by atoms with van der Waals surface area (Å²) < 4.78 is 38.2. The van der Waals surface area contributed by atoms with Crippen molar-refractivity contribution >= 4 is 17.5 Å². The molecular formula is C16H17F3N2O2. The lowest BCUT2D eigenvalue weighted by Gasteiger charge is -2.26. The van der Waals surface area contributed by atoms with Crippen LogP contribution >= 0.6 is 0 Å². The SMILES string of the molecule is CC(=O)Nc1ccc2c(c1)C1CCC2CN(C(=O)C(F)(F)F)C1. The van der Waals surface area contributed by atoms with E-state index >= 15 is 0 Å². The molecule has 2 bridgehead atoms. The number of amides is 2. The van der Waals surface area contributed by atoms with Gasteiger partial charge in [-0.2, -0.15) is 13.2 Å². The van der Waals surface area contributed by atoms with E-state index in [9.17, 15) is 22.8 Å². The van der Waals surface area contributed by atoms with E-state index in [1.165, 1.54) is 6.92 Å². The third-order valence-electron chi connectivity index (χ3n) is 4.56. The zero-order valence-corrected chi connectivity index (χ0v) is 12.6. The van der Waals surface area contributed by atoms with E-state index < -0.39 is 12.1 Å². The summed E-state index contributed by atoms with van der Waals surface area (Å²) in [6.45, 7) is 1.58. The molecule has 1 saturated heterocycles. The third-order valence-corrected chi connectivity index (χ3v) is 4.56. The number of carbonyl (C=O) groups is 2. The Balaban J connectivity index is 1.91. The van der Waals surface area contributed by atoms with E-state index in [4.69, 9.17) is 0 Å². The summed E-state index contributed by atoms with van der Waals surface area (Å²) in [5.74, 6) is -2.16. The Kier molecular flexibility index (Phi) is 3.82. The van der Waals surface area contributed by atoms with Gasteiger partial charge in [0.1, 0.15) is 0 Å². The minimum absolute atomic E-state index is 0.0748. The molecular weight excluding hydrogens is 309 g/mol. The van der Waals surface area contributed by atoms with Gasteiger partial charge >= 0.3 is 12.1 Å². The van der Waals surface area contributed by atoms with Crippen molar-refractivity contribution < 1.29 is 22.8 Å². The molecule has 1 aromatic carbocycles. The Labute approximate surface area is 131 Å². The van der Waals surface area contributed by atoms with Gasteiger partial charge in [-0.1, -0.05) is 6.07 Å². The van der Waals surface area contributed by atoms with Crippen molar-refractivity contribution in [2.45, 2.75) is 37.8 Å². The Morgan fingerprint density at radius 1 is 1.13 bits per heavy atom. The van der Waals surface area contributed by atoms with Gasteiger partial charge in [-0.3, -0.25) is 9.59 Å². The maximum absolute atomic E-state index is 12.7. The Bertz CT molecular complexity index is 657. The summed E-state index contributed by atoms with van der Waals surface area (Å²) in [5.41, 5.74) is 2.58. The summed E-state index contributed by atoms with van der Waals surface area (Å²) in [6.07, 6.45) is -3.31. The van der Waals surface area contributed by atoms with E-state index in [0.29, 0.717) is 5.69 Å². The molecule has 1 aromatic rings. The summed E-state index contributed by atoms with van der Waals surface area (Å²) in [7, 11) is 0. The maximum Gasteiger partial charge on any atom is 0.471 e. The van der Waals surface area contributed by atoms with Gasteiger partial charge in [0.25, 0.3) is 0 Å². The number of fused-ring (bicyclic) bond motifs is 3. The van der Waals surface area contributed by atoms with Crippen LogP contribution in [0, 0.1) is 0 Å². The van der Waals surface area contributed by atoms with E-state index in [1.807, 2.05) is 12.1 Å². The van der Waals surface area contributed by atoms with Crippen LogP contribution < -0.4 is 5.32 Å². The van der Waals surface area contributed by atoms with Gasteiger partial charge in [-0.05, 0) is 36.1 Å². The second-order valence-corrected chi connectivity index (χ2v) is 6.20. The molecule has 0 saturated carbocycles. The normalized spacial score (nSPS) is 23.2. The molecule has 23 heavy (non-hydrogen) atoms. The lowest BCUT2D eigenvalue weighted by Crippen LogP contribution is -2.42. The van der Waals surface area contributed by atoms with Crippen molar-refractivity contribution in [2.75, 3.05) is 18.4 Å². The van der Waals surface area contributed by atoms with E-state index in [2.05, 4.69) is 5.32 Å². The van der Waals surface area contributed by atoms with Crippen molar-refractivity contribution in [3.05, 3.63) is 29.3 Å². The number of nitrogens with zero attached hydrogens (tertiary/aromatic N) is 1. The van der Waals surface area contributed by atoms with Crippen molar-refractivity contribution in [3.63, 3.8) is 0 Å². The number of hydrogen-bond acceptors (Lipinski definition) is 2. The first-order chi connectivity index (χ1) is 10.8. The van der Waals surface area contributed by atoms with Crippen LogP contribution in [0.4, 0.5) is 18.9 Å². The molecule has 2 aliphatic heterocycles. The van der Waals surface area contributed by atoms with Gasteiger partial charge in [0.2, 0.25) is 5.91 Å². The van der Waals surface area contributed by atoms with E-state index in [-0.39, 0.29) is 30.8 Å². The standard InChI is InChI=1S/C16H17F3N2O2/c1-9(22)20-12-4-5-13-10-2-3-11(14(13)6-12)8-21(7-10)15(23)16(17,18)19/h4-6,10-11H,2-3,7-8H2,1H3,(H,20,22). The van der Waals surface area contributed by atoms with Gasteiger partial charge in [-0.25, -0.2) is 0 Å². The first-order valence-electron chi connectivity index (χ1n) is 7.53. The van der Waals surface area contributed by atoms with Crippen molar-refractivity contribution in [2.24, 2.45) is 0 Å². The molecule has 0 aromatic heterocycles. The third kappa shape index (κ3) is 3.04. The highest BCUT2D eigenvalue weighted by molar-refractivity contribution is 5.89. The predicted molar refractivity (Wildman–Crippen MR) is 78.1 cm³/mol. The molecule has 3 aliphatic rings. The van der Waals surface area contributed by atoms with Gasteiger partial charge in [0.15, 0.2) is 0 Å². The molecule has 4 rings (SSSR count). The number of carbonyl (C=O) groups excluding carboxylic acids is 2. The number of hydrogen-bond donors (Lipinski definition) is 1.